The maximum atomic E-state index is 7.56. The van der Waals surface area contributed by atoms with Crippen LogP contribution < -0.4 is 21.9 Å². The Morgan fingerprint density at radius 1 is 1.12 bits per heavy atom. The third-order valence-corrected chi connectivity index (χ3v) is 1.04. The van der Waals surface area contributed by atoms with Crippen LogP contribution in [0.25, 0.3) is 0 Å². The van der Waals surface area contributed by atoms with Crippen molar-refractivity contribution in [2.24, 2.45) is 17.2 Å². The van der Waals surface area contributed by atoms with Gasteiger partial charge >= 0.3 is 0 Å². The summed E-state index contributed by atoms with van der Waals surface area (Å²) in [6, 6.07) is 9.19. The molecule has 0 aromatic heterocycles. The molecule has 5 nitrogen and oxygen atoms in total. The largest absolute Gasteiger partial charge is 0.487 e. The van der Waals surface area contributed by atoms with Gasteiger partial charge in [-0.05, 0) is 43.6 Å². The molecule has 0 atom stereocenters. The highest BCUT2D eigenvalue weighted by molar-refractivity contribution is 7.80. The van der Waals surface area contributed by atoms with Crippen LogP contribution in [0.3, 0.4) is 0 Å². The van der Waals surface area contributed by atoms with Gasteiger partial charge in [0.05, 0.1) is 0 Å². The van der Waals surface area contributed by atoms with Crippen molar-refractivity contribution in [2.45, 2.75) is 0 Å². The molecule has 0 aliphatic heterocycles. The van der Waals surface area contributed by atoms with Crippen LogP contribution in [-0.4, -0.2) is 22.5 Å². The zero-order valence-electron chi connectivity index (χ0n) is 8.79. The van der Waals surface area contributed by atoms with E-state index in [0.717, 1.165) is 0 Å². The number of nitrogens with two attached hydrogens (primary N) is 3. The standard InChI is InChI=1S/C7H7NOS.CH3NOS.CH5N/c8-7(10)9-6-4-2-1-3-5-6;2-1(3)4;1-2/h1-5H,(H2,8,10);(H3,2,3,4);2H2,1H3. The number of hydrogen-bond acceptors (Lipinski definition) is 4. The minimum atomic E-state index is -0.500. The van der Waals surface area contributed by atoms with Crippen molar-refractivity contribution < 1.29 is 9.84 Å². The van der Waals surface area contributed by atoms with E-state index in [9.17, 15) is 0 Å². The normalized spacial score (nSPS) is 7.38. The molecule has 0 spiro atoms. The summed E-state index contributed by atoms with van der Waals surface area (Å²) in [4.78, 5) is 0. The Bertz CT molecular complexity index is 303. The lowest BCUT2D eigenvalue weighted by molar-refractivity contribution is 0.557. The first-order valence-electron chi connectivity index (χ1n) is 4.11. The van der Waals surface area contributed by atoms with Crippen LogP contribution >= 0.6 is 24.4 Å². The van der Waals surface area contributed by atoms with Gasteiger partial charge in [0.2, 0.25) is 0 Å². The van der Waals surface area contributed by atoms with Crippen molar-refractivity contribution in [2.75, 3.05) is 7.05 Å². The van der Waals surface area contributed by atoms with E-state index in [-0.39, 0.29) is 5.17 Å². The number of hydrogen-bond donors (Lipinski definition) is 4. The van der Waals surface area contributed by atoms with E-state index in [1.54, 1.807) is 12.1 Å². The number of benzene rings is 1. The molecule has 0 heterocycles. The van der Waals surface area contributed by atoms with E-state index in [0.29, 0.717) is 5.75 Å². The van der Waals surface area contributed by atoms with Crippen LogP contribution in [-0.2, 0) is 0 Å². The molecule has 7 N–H and O–H groups in total. The second kappa shape index (κ2) is 11.6. The van der Waals surface area contributed by atoms with Gasteiger partial charge in [-0.1, -0.05) is 18.2 Å². The highest BCUT2D eigenvalue weighted by Crippen LogP contribution is 2.07. The molecule has 1 aromatic rings. The van der Waals surface area contributed by atoms with Crippen molar-refractivity contribution in [3.63, 3.8) is 0 Å². The average Bonchev–Trinajstić information content (AvgIpc) is 2.20. The molecular formula is C9H15N3O2S2. The van der Waals surface area contributed by atoms with Gasteiger partial charge < -0.3 is 27.0 Å². The maximum Gasteiger partial charge on any atom is 0.259 e. The van der Waals surface area contributed by atoms with Crippen molar-refractivity contribution in [3.8, 4) is 5.75 Å². The Morgan fingerprint density at radius 2 is 1.50 bits per heavy atom. The molecule has 90 valence electrons. The quantitative estimate of drug-likeness (QED) is 0.550. The minimum Gasteiger partial charge on any atom is -0.487 e. The van der Waals surface area contributed by atoms with Gasteiger partial charge in [-0.2, -0.15) is 0 Å². The number of thiocarbonyl (C=S) groups is 2. The average molecular weight is 261 g/mol. The van der Waals surface area contributed by atoms with Crippen LogP contribution in [0, 0.1) is 0 Å². The van der Waals surface area contributed by atoms with E-state index in [1.165, 1.54) is 7.05 Å². The second-order valence-electron chi connectivity index (χ2n) is 2.07. The van der Waals surface area contributed by atoms with Crippen LogP contribution in [0.4, 0.5) is 0 Å². The van der Waals surface area contributed by atoms with Gasteiger partial charge in [-0.15, -0.1) is 0 Å². The Hall–Kier alpha value is -1.44. The minimum absolute atomic E-state index is 0.0474. The molecular weight excluding hydrogens is 246 g/mol. The first-order chi connectivity index (χ1) is 7.52. The zero-order valence-corrected chi connectivity index (χ0v) is 10.4. The smallest absolute Gasteiger partial charge is 0.259 e. The fraction of sp³-hybridized carbons (Fsp3) is 0.111. The number of aliphatic hydroxyl groups excluding tert-OH is 1. The summed E-state index contributed by atoms with van der Waals surface area (Å²) in [6.45, 7) is 0. The third-order valence-electron chi connectivity index (χ3n) is 0.962. The van der Waals surface area contributed by atoms with Crippen LogP contribution in [0.15, 0.2) is 30.3 Å². The Labute approximate surface area is 105 Å². The summed E-state index contributed by atoms with van der Waals surface area (Å²) < 4.78 is 4.92. The van der Waals surface area contributed by atoms with Crippen LogP contribution in [0.2, 0.25) is 0 Å². The number of para-hydroxylation sites is 1. The molecule has 0 radical (unpaired) electrons. The Kier molecular flexibility index (Phi) is 12.3. The number of rotatable bonds is 1. The van der Waals surface area contributed by atoms with Crippen molar-refractivity contribution in [3.05, 3.63) is 30.3 Å². The molecule has 0 saturated heterocycles. The van der Waals surface area contributed by atoms with Crippen LogP contribution in [0.1, 0.15) is 0 Å². The van der Waals surface area contributed by atoms with E-state index < -0.39 is 5.17 Å². The topological polar surface area (TPSA) is 108 Å². The fourth-order valence-electron chi connectivity index (χ4n) is 0.605. The highest BCUT2D eigenvalue weighted by Gasteiger charge is 1.90. The van der Waals surface area contributed by atoms with Gasteiger partial charge in [0.1, 0.15) is 5.75 Å². The van der Waals surface area contributed by atoms with Gasteiger partial charge in [-0.25, -0.2) is 0 Å². The first kappa shape index (κ1) is 17.0. The summed E-state index contributed by atoms with van der Waals surface area (Å²) in [6.07, 6.45) is 0. The highest BCUT2D eigenvalue weighted by atomic mass is 32.1. The van der Waals surface area contributed by atoms with E-state index in [2.05, 4.69) is 35.9 Å². The fourth-order valence-corrected chi connectivity index (χ4v) is 0.701. The number of ether oxygens (including phenoxy) is 1. The van der Waals surface area contributed by atoms with Crippen molar-refractivity contribution in [1.82, 2.24) is 0 Å². The lowest BCUT2D eigenvalue weighted by atomic mass is 10.3. The molecule has 1 aromatic carbocycles. The van der Waals surface area contributed by atoms with Gasteiger partial charge in [0.25, 0.3) is 10.3 Å². The SMILES string of the molecule is CN.NC(=S)Oc1ccccc1.NC(O)=S. The summed E-state index contributed by atoms with van der Waals surface area (Å²) in [5.74, 6) is 0.676. The summed E-state index contributed by atoms with van der Waals surface area (Å²) in [7, 11) is 1.50. The molecule has 0 aliphatic rings. The molecule has 0 aliphatic carbocycles. The second-order valence-corrected chi connectivity index (χ2v) is 2.89. The van der Waals surface area contributed by atoms with Gasteiger partial charge in [-0.3, -0.25) is 0 Å². The summed E-state index contributed by atoms with van der Waals surface area (Å²) in [5, 5.41) is 7.11. The summed E-state index contributed by atoms with van der Waals surface area (Å²) in [5.41, 5.74) is 14.0. The summed E-state index contributed by atoms with van der Waals surface area (Å²) >= 11 is 8.40. The molecule has 16 heavy (non-hydrogen) atoms. The zero-order chi connectivity index (χ0) is 13.0. The molecule has 0 saturated carbocycles. The molecule has 7 heteroatoms. The first-order valence-corrected chi connectivity index (χ1v) is 4.92. The van der Waals surface area contributed by atoms with E-state index in [4.69, 9.17) is 15.6 Å². The van der Waals surface area contributed by atoms with E-state index >= 15 is 0 Å². The molecule has 0 amide bonds. The Morgan fingerprint density at radius 3 is 1.81 bits per heavy atom. The van der Waals surface area contributed by atoms with Gasteiger partial charge in [0, 0.05) is 0 Å². The predicted molar refractivity (Wildman–Crippen MR) is 73.4 cm³/mol. The maximum absolute atomic E-state index is 7.56. The van der Waals surface area contributed by atoms with Gasteiger partial charge in [0.15, 0.2) is 0 Å². The lowest BCUT2D eigenvalue weighted by Gasteiger charge is -1.99. The third kappa shape index (κ3) is 15.1. The number of aliphatic hydroxyl groups is 1. The molecule has 0 unspecified atom stereocenters. The van der Waals surface area contributed by atoms with Crippen molar-refractivity contribution >= 4 is 34.8 Å². The Balaban J connectivity index is 0. The van der Waals surface area contributed by atoms with Crippen LogP contribution in [0.5, 0.6) is 5.75 Å². The van der Waals surface area contributed by atoms with E-state index in [1.807, 2.05) is 18.2 Å². The van der Waals surface area contributed by atoms with Crippen molar-refractivity contribution in [1.29, 1.82) is 0 Å². The lowest BCUT2D eigenvalue weighted by Crippen LogP contribution is -2.15. The predicted octanol–water partition coefficient (Wildman–Crippen LogP) is 0.672. The monoisotopic (exact) mass is 261 g/mol. The molecule has 1 rings (SSSR count). The molecule has 0 bridgehead atoms. The molecule has 0 fully saturated rings.